The maximum Gasteiger partial charge on any atom is 0.213 e. The third-order valence-electron chi connectivity index (χ3n) is 2.99. The molecule has 0 saturated carbocycles. The van der Waals surface area contributed by atoms with Gasteiger partial charge in [0, 0.05) is 31.9 Å². The number of halogens is 1. The molecule has 5 heteroatoms. The van der Waals surface area contributed by atoms with Crippen LogP contribution in [0.1, 0.15) is 18.4 Å². The summed E-state index contributed by atoms with van der Waals surface area (Å²) in [6, 6.07) is 3.85. The summed E-state index contributed by atoms with van der Waals surface area (Å²) in [6.07, 6.45) is 4.21. The van der Waals surface area contributed by atoms with E-state index in [0.29, 0.717) is 18.5 Å². The largest absolute Gasteiger partial charge is 0.474 e. The van der Waals surface area contributed by atoms with Crippen molar-refractivity contribution in [3.8, 4) is 5.88 Å². The Morgan fingerprint density at radius 3 is 2.82 bits per heavy atom. The molecule has 0 atom stereocenters. The molecule has 1 aromatic heterocycles. The Morgan fingerprint density at radius 2 is 2.18 bits per heavy atom. The van der Waals surface area contributed by atoms with E-state index in [0.717, 1.165) is 31.5 Å². The summed E-state index contributed by atoms with van der Waals surface area (Å²) in [5.41, 5.74) is 6.65. The third-order valence-corrected chi connectivity index (χ3v) is 2.99. The molecule has 1 fully saturated rings. The highest BCUT2D eigenvalue weighted by Crippen LogP contribution is 2.17. The molecule has 1 aliphatic rings. The fourth-order valence-electron chi connectivity index (χ4n) is 1.92. The summed E-state index contributed by atoms with van der Waals surface area (Å²) in [7, 11) is 2.14. The highest BCUT2D eigenvalue weighted by Gasteiger charge is 2.18. The first-order chi connectivity index (χ1) is 7.78. The number of piperidine rings is 1. The molecular formula is C12H20ClN3O. The molecule has 96 valence electrons. The molecule has 4 nitrogen and oxygen atoms in total. The van der Waals surface area contributed by atoms with Crippen molar-refractivity contribution in [2.24, 2.45) is 5.73 Å². The van der Waals surface area contributed by atoms with Crippen molar-refractivity contribution >= 4 is 12.4 Å². The van der Waals surface area contributed by atoms with Gasteiger partial charge in [-0.25, -0.2) is 4.98 Å². The van der Waals surface area contributed by atoms with Crippen LogP contribution in [0.15, 0.2) is 18.3 Å². The molecule has 0 amide bonds. The fraction of sp³-hybridized carbons (Fsp3) is 0.583. The van der Waals surface area contributed by atoms with Gasteiger partial charge in [0.15, 0.2) is 0 Å². The third kappa shape index (κ3) is 4.15. The Balaban J connectivity index is 0.00000144. The Bertz CT molecular complexity index is 340. The second-order valence-electron chi connectivity index (χ2n) is 4.33. The smallest absolute Gasteiger partial charge is 0.213 e. The molecule has 2 heterocycles. The number of aromatic nitrogens is 1. The van der Waals surface area contributed by atoms with Crippen molar-refractivity contribution in [1.82, 2.24) is 9.88 Å². The van der Waals surface area contributed by atoms with Crippen molar-refractivity contribution in [3.63, 3.8) is 0 Å². The van der Waals surface area contributed by atoms with Crippen LogP contribution >= 0.6 is 12.4 Å². The zero-order valence-electron chi connectivity index (χ0n) is 10.1. The Kier molecular flexibility index (Phi) is 5.68. The molecule has 2 rings (SSSR count). The number of nitrogens with two attached hydrogens (primary N) is 1. The quantitative estimate of drug-likeness (QED) is 0.890. The van der Waals surface area contributed by atoms with Gasteiger partial charge in [-0.2, -0.15) is 0 Å². The van der Waals surface area contributed by atoms with Crippen molar-refractivity contribution in [1.29, 1.82) is 0 Å². The lowest BCUT2D eigenvalue weighted by molar-refractivity contribution is 0.110. The molecule has 1 saturated heterocycles. The van der Waals surface area contributed by atoms with Gasteiger partial charge in [-0.05, 0) is 31.5 Å². The second kappa shape index (κ2) is 6.79. The molecule has 1 aliphatic heterocycles. The van der Waals surface area contributed by atoms with E-state index in [-0.39, 0.29) is 12.4 Å². The van der Waals surface area contributed by atoms with Crippen molar-refractivity contribution in [2.75, 3.05) is 20.1 Å². The van der Waals surface area contributed by atoms with Crippen molar-refractivity contribution < 1.29 is 4.74 Å². The minimum Gasteiger partial charge on any atom is -0.474 e. The summed E-state index contributed by atoms with van der Waals surface area (Å²) >= 11 is 0. The zero-order chi connectivity index (χ0) is 11.4. The number of likely N-dealkylation sites (tertiary alicyclic amines) is 1. The van der Waals surface area contributed by atoms with E-state index in [1.54, 1.807) is 6.20 Å². The number of ether oxygens (including phenoxy) is 1. The first-order valence-electron chi connectivity index (χ1n) is 5.78. The standard InChI is InChI=1S/C12H19N3O.ClH/c1-15-6-3-11(4-7-15)16-12-8-10(9-13)2-5-14-12;/h2,5,8,11H,3-4,6-7,9,13H2,1H3;1H. The first-order valence-corrected chi connectivity index (χ1v) is 5.78. The molecule has 0 spiro atoms. The van der Waals surface area contributed by atoms with E-state index < -0.39 is 0 Å². The van der Waals surface area contributed by atoms with E-state index in [4.69, 9.17) is 10.5 Å². The lowest BCUT2D eigenvalue weighted by atomic mass is 10.1. The molecule has 0 aromatic carbocycles. The van der Waals surface area contributed by atoms with Crippen LogP contribution in [0.2, 0.25) is 0 Å². The van der Waals surface area contributed by atoms with Crippen LogP contribution in [0, 0.1) is 0 Å². The minimum absolute atomic E-state index is 0. The van der Waals surface area contributed by atoms with Gasteiger partial charge >= 0.3 is 0 Å². The second-order valence-corrected chi connectivity index (χ2v) is 4.33. The van der Waals surface area contributed by atoms with Gasteiger partial charge in [-0.15, -0.1) is 12.4 Å². The fourth-order valence-corrected chi connectivity index (χ4v) is 1.92. The van der Waals surface area contributed by atoms with Gasteiger partial charge in [0.2, 0.25) is 5.88 Å². The SMILES string of the molecule is CN1CCC(Oc2cc(CN)ccn2)CC1.Cl. The summed E-state index contributed by atoms with van der Waals surface area (Å²) in [4.78, 5) is 6.53. The number of hydrogen-bond acceptors (Lipinski definition) is 4. The lowest BCUT2D eigenvalue weighted by Gasteiger charge is -2.28. The molecule has 0 aliphatic carbocycles. The summed E-state index contributed by atoms with van der Waals surface area (Å²) in [5.74, 6) is 0.706. The molecule has 2 N–H and O–H groups in total. The number of pyridine rings is 1. The minimum atomic E-state index is 0. The highest BCUT2D eigenvalue weighted by atomic mass is 35.5. The molecule has 0 bridgehead atoms. The Hall–Kier alpha value is -0.840. The topological polar surface area (TPSA) is 51.4 Å². The average Bonchev–Trinajstić information content (AvgIpc) is 2.32. The van der Waals surface area contributed by atoms with Gasteiger partial charge < -0.3 is 15.4 Å². The Morgan fingerprint density at radius 1 is 1.47 bits per heavy atom. The van der Waals surface area contributed by atoms with Crippen LogP contribution in [0.5, 0.6) is 5.88 Å². The van der Waals surface area contributed by atoms with Gasteiger partial charge in [0.05, 0.1) is 0 Å². The van der Waals surface area contributed by atoms with Crippen LogP contribution in [0.3, 0.4) is 0 Å². The van der Waals surface area contributed by atoms with E-state index in [1.165, 1.54) is 0 Å². The molecular weight excluding hydrogens is 238 g/mol. The molecule has 0 radical (unpaired) electrons. The van der Waals surface area contributed by atoms with Gasteiger partial charge in [-0.1, -0.05) is 0 Å². The van der Waals surface area contributed by atoms with Gasteiger partial charge in [-0.3, -0.25) is 0 Å². The predicted octanol–water partition coefficient (Wildman–Crippen LogP) is 1.44. The maximum absolute atomic E-state index is 5.85. The summed E-state index contributed by atoms with van der Waals surface area (Å²) < 4.78 is 5.85. The molecule has 0 unspecified atom stereocenters. The first kappa shape index (κ1) is 14.2. The monoisotopic (exact) mass is 257 g/mol. The number of hydrogen-bond donors (Lipinski definition) is 1. The van der Waals surface area contributed by atoms with E-state index in [9.17, 15) is 0 Å². The van der Waals surface area contributed by atoms with Crippen LogP contribution in [0.25, 0.3) is 0 Å². The number of rotatable bonds is 3. The van der Waals surface area contributed by atoms with Crippen LogP contribution in [0.4, 0.5) is 0 Å². The molecule has 1 aromatic rings. The summed E-state index contributed by atoms with van der Waals surface area (Å²) in [6.45, 7) is 2.73. The van der Waals surface area contributed by atoms with E-state index in [1.807, 2.05) is 12.1 Å². The normalized spacial score (nSPS) is 17.5. The summed E-state index contributed by atoms with van der Waals surface area (Å²) in [5, 5.41) is 0. The van der Waals surface area contributed by atoms with Gasteiger partial charge in [0.25, 0.3) is 0 Å². The van der Waals surface area contributed by atoms with Crippen molar-refractivity contribution in [3.05, 3.63) is 23.9 Å². The van der Waals surface area contributed by atoms with E-state index >= 15 is 0 Å². The zero-order valence-corrected chi connectivity index (χ0v) is 10.9. The van der Waals surface area contributed by atoms with E-state index in [2.05, 4.69) is 16.9 Å². The van der Waals surface area contributed by atoms with Crippen molar-refractivity contribution in [2.45, 2.75) is 25.5 Å². The van der Waals surface area contributed by atoms with Crippen LogP contribution < -0.4 is 10.5 Å². The average molecular weight is 258 g/mol. The lowest BCUT2D eigenvalue weighted by Crippen LogP contribution is -2.35. The Labute approximate surface area is 109 Å². The van der Waals surface area contributed by atoms with Crippen LogP contribution in [-0.2, 0) is 6.54 Å². The number of nitrogens with zero attached hydrogens (tertiary/aromatic N) is 2. The molecule has 17 heavy (non-hydrogen) atoms. The highest BCUT2D eigenvalue weighted by molar-refractivity contribution is 5.85. The predicted molar refractivity (Wildman–Crippen MR) is 70.5 cm³/mol. The van der Waals surface area contributed by atoms with Gasteiger partial charge in [0.1, 0.15) is 6.10 Å². The maximum atomic E-state index is 5.85. The van der Waals surface area contributed by atoms with Crippen LogP contribution in [-0.4, -0.2) is 36.1 Å².